The van der Waals surface area contributed by atoms with E-state index in [1.807, 2.05) is 0 Å². The van der Waals surface area contributed by atoms with Crippen molar-refractivity contribution in [2.24, 2.45) is 0 Å². The third kappa shape index (κ3) is 3.18. The maximum atomic E-state index is 13.5. The second-order valence-corrected chi connectivity index (χ2v) is 7.26. The molecule has 0 bridgehead atoms. The van der Waals surface area contributed by atoms with Gasteiger partial charge in [0.2, 0.25) is 10.0 Å². The zero-order valence-electron chi connectivity index (χ0n) is 13.0. The zero-order chi connectivity index (χ0) is 17.5. The summed E-state index contributed by atoms with van der Waals surface area (Å²) in [6.45, 7) is 1.43. The molecule has 0 atom stereocenters. The van der Waals surface area contributed by atoms with E-state index in [9.17, 15) is 17.6 Å². The average Bonchev–Trinajstić information content (AvgIpc) is 2.49. The molecule has 1 amide bonds. The lowest BCUT2D eigenvalue weighted by Crippen LogP contribution is -2.35. The molecule has 0 spiro atoms. The van der Waals surface area contributed by atoms with Gasteiger partial charge in [-0.2, -0.15) is 0 Å². The third-order valence-electron chi connectivity index (χ3n) is 3.50. The highest BCUT2D eigenvalue weighted by molar-refractivity contribution is 7.92. The molecule has 1 aliphatic rings. The van der Waals surface area contributed by atoms with Crippen LogP contribution in [-0.4, -0.2) is 27.2 Å². The van der Waals surface area contributed by atoms with Gasteiger partial charge < -0.3 is 4.74 Å². The van der Waals surface area contributed by atoms with Crippen molar-refractivity contribution in [3.63, 3.8) is 0 Å². The van der Waals surface area contributed by atoms with Crippen LogP contribution >= 0.6 is 0 Å². The van der Waals surface area contributed by atoms with E-state index in [-0.39, 0.29) is 18.3 Å². The minimum atomic E-state index is -3.42. The number of aryl methyl sites for hydroxylation is 1. The summed E-state index contributed by atoms with van der Waals surface area (Å²) in [5.41, 5.74) is 1.74. The lowest BCUT2D eigenvalue weighted by Gasteiger charge is -2.30. The van der Waals surface area contributed by atoms with Gasteiger partial charge in [0.05, 0.1) is 17.6 Å². The highest BCUT2D eigenvalue weighted by Crippen LogP contribution is 2.39. The fourth-order valence-corrected chi connectivity index (χ4v) is 3.04. The smallest absolute Gasteiger partial charge is 0.269 e. The van der Waals surface area contributed by atoms with E-state index in [2.05, 4.69) is 4.72 Å². The predicted molar refractivity (Wildman–Crippen MR) is 88.7 cm³/mol. The Morgan fingerprint density at radius 3 is 2.62 bits per heavy atom. The van der Waals surface area contributed by atoms with Crippen LogP contribution in [0.1, 0.15) is 5.56 Å². The van der Waals surface area contributed by atoms with Crippen molar-refractivity contribution in [2.75, 3.05) is 22.5 Å². The monoisotopic (exact) mass is 350 g/mol. The van der Waals surface area contributed by atoms with Crippen molar-refractivity contribution in [1.82, 2.24) is 0 Å². The number of amides is 1. The summed E-state index contributed by atoms with van der Waals surface area (Å²) in [4.78, 5) is 13.7. The van der Waals surface area contributed by atoms with Gasteiger partial charge in [-0.1, -0.05) is 0 Å². The number of hydrogen-bond donors (Lipinski definition) is 1. The molecule has 0 unspecified atom stereocenters. The molecule has 8 heteroatoms. The molecular formula is C16H15FN2O4S. The Bertz CT molecular complexity index is 928. The lowest BCUT2D eigenvalue weighted by atomic mass is 10.1. The quantitative estimate of drug-likeness (QED) is 0.923. The van der Waals surface area contributed by atoms with Gasteiger partial charge in [-0.15, -0.1) is 0 Å². The highest BCUT2D eigenvalue weighted by Gasteiger charge is 2.27. The van der Waals surface area contributed by atoms with Gasteiger partial charge in [0, 0.05) is 11.8 Å². The van der Waals surface area contributed by atoms with Crippen LogP contribution in [0.3, 0.4) is 0 Å². The van der Waals surface area contributed by atoms with Gasteiger partial charge in [0.1, 0.15) is 11.6 Å². The Balaban J connectivity index is 2.04. The van der Waals surface area contributed by atoms with Gasteiger partial charge in [-0.05, 0) is 42.8 Å². The number of ether oxygens (including phenoxy) is 1. The average molecular weight is 350 g/mol. The van der Waals surface area contributed by atoms with Gasteiger partial charge in [-0.3, -0.25) is 14.4 Å². The van der Waals surface area contributed by atoms with Crippen LogP contribution in [0.2, 0.25) is 0 Å². The minimum absolute atomic E-state index is 0.189. The second kappa shape index (κ2) is 5.79. The molecule has 3 rings (SSSR count). The molecule has 126 valence electrons. The maximum absolute atomic E-state index is 13.5. The molecule has 0 aromatic heterocycles. The van der Waals surface area contributed by atoms with Crippen LogP contribution in [0.15, 0.2) is 36.4 Å². The van der Waals surface area contributed by atoms with Crippen molar-refractivity contribution in [1.29, 1.82) is 0 Å². The van der Waals surface area contributed by atoms with Crippen molar-refractivity contribution in [3.05, 3.63) is 47.8 Å². The van der Waals surface area contributed by atoms with Crippen LogP contribution in [0.4, 0.5) is 21.5 Å². The summed E-state index contributed by atoms with van der Waals surface area (Å²) < 4.78 is 43.9. The summed E-state index contributed by atoms with van der Waals surface area (Å²) in [6.07, 6.45) is 1.05. The van der Waals surface area contributed by atoms with E-state index in [0.717, 1.165) is 6.26 Å². The van der Waals surface area contributed by atoms with Crippen LogP contribution < -0.4 is 14.4 Å². The summed E-state index contributed by atoms with van der Waals surface area (Å²) in [7, 11) is -3.42. The lowest BCUT2D eigenvalue weighted by molar-refractivity contribution is -0.120. The highest BCUT2D eigenvalue weighted by atomic mass is 32.2. The van der Waals surface area contributed by atoms with Crippen molar-refractivity contribution < 1.29 is 22.3 Å². The fourth-order valence-electron chi connectivity index (χ4n) is 2.48. The van der Waals surface area contributed by atoms with E-state index in [0.29, 0.717) is 28.4 Å². The molecule has 0 saturated heterocycles. The first-order valence-electron chi connectivity index (χ1n) is 7.08. The topological polar surface area (TPSA) is 75.7 Å². The molecule has 0 fully saturated rings. The van der Waals surface area contributed by atoms with Crippen LogP contribution in [0.25, 0.3) is 0 Å². The van der Waals surface area contributed by atoms with Gasteiger partial charge in [-0.25, -0.2) is 12.8 Å². The Labute approximate surface area is 138 Å². The maximum Gasteiger partial charge on any atom is 0.269 e. The number of nitrogens with one attached hydrogen (secondary N) is 1. The first kappa shape index (κ1) is 16.3. The molecule has 1 heterocycles. The largest absolute Gasteiger partial charge is 0.481 e. The number of rotatable bonds is 3. The molecule has 6 nitrogen and oxygen atoms in total. The molecule has 24 heavy (non-hydrogen) atoms. The summed E-state index contributed by atoms with van der Waals surface area (Å²) in [6, 6.07) is 9.01. The molecule has 1 aliphatic heterocycles. The molecular weight excluding hydrogens is 335 g/mol. The zero-order valence-corrected chi connectivity index (χ0v) is 13.9. The summed E-state index contributed by atoms with van der Waals surface area (Å²) in [5.74, 6) is -0.282. The standard InChI is InChI=1S/C16H15FN2O4S/c1-10-7-12(4-5-13(10)17)19-14-6-3-11(18-24(2,21)22)8-15(14)23-9-16(19)20/h3-8,18H,9H2,1-2H3. The van der Waals surface area contributed by atoms with Crippen LogP contribution in [0, 0.1) is 12.7 Å². The van der Waals surface area contributed by atoms with Crippen molar-refractivity contribution >= 4 is 33.0 Å². The van der Waals surface area contributed by atoms with E-state index < -0.39 is 10.0 Å². The molecule has 0 aliphatic carbocycles. The predicted octanol–water partition coefficient (Wildman–Crippen LogP) is 2.56. The molecule has 0 saturated carbocycles. The SMILES string of the molecule is Cc1cc(N2C(=O)COc3cc(NS(C)(=O)=O)ccc32)ccc1F. The van der Waals surface area contributed by atoms with E-state index >= 15 is 0 Å². The number of hydrogen-bond acceptors (Lipinski definition) is 4. The first-order valence-corrected chi connectivity index (χ1v) is 8.97. The molecule has 0 radical (unpaired) electrons. The minimum Gasteiger partial charge on any atom is -0.481 e. The Morgan fingerprint density at radius 1 is 1.21 bits per heavy atom. The Morgan fingerprint density at radius 2 is 1.96 bits per heavy atom. The van der Waals surface area contributed by atoms with Gasteiger partial charge >= 0.3 is 0 Å². The van der Waals surface area contributed by atoms with E-state index in [1.54, 1.807) is 19.1 Å². The normalized spacial score (nSPS) is 14.1. The van der Waals surface area contributed by atoms with E-state index in [1.165, 1.54) is 29.2 Å². The molecule has 1 N–H and O–H groups in total. The Hall–Kier alpha value is -2.61. The summed E-state index contributed by atoms with van der Waals surface area (Å²) >= 11 is 0. The number of fused-ring (bicyclic) bond motifs is 1. The summed E-state index contributed by atoms with van der Waals surface area (Å²) in [5, 5.41) is 0. The number of anilines is 3. The first-order chi connectivity index (χ1) is 11.2. The van der Waals surface area contributed by atoms with Crippen molar-refractivity contribution in [2.45, 2.75) is 6.92 Å². The number of sulfonamides is 1. The molecule has 2 aromatic rings. The van der Waals surface area contributed by atoms with E-state index in [4.69, 9.17) is 4.74 Å². The Kier molecular flexibility index (Phi) is 3.92. The van der Waals surface area contributed by atoms with Crippen LogP contribution in [-0.2, 0) is 14.8 Å². The van der Waals surface area contributed by atoms with Gasteiger partial charge in [0.25, 0.3) is 5.91 Å². The molecule has 2 aromatic carbocycles. The van der Waals surface area contributed by atoms with Crippen molar-refractivity contribution in [3.8, 4) is 5.75 Å². The van der Waals surface area contributed by atoms with Crippen LogP contribution in [0.5, 0.6) is 5.75 Å². The number of nitrogens with zero attached hydrogens (tertiary/aromatic N) is 1. The van der Waals surface area contributed by atoms with Gasteiger partial charge in [0.15, 0.2) is 6.61 Å². The fraction of sp³-hybridized carbons (Fsp3) is 0.188. The number of carbonyl (C=O) groups excluding carboxylic acids is 1. The number of carbonyl (C=O) groups is 1. The third-order valence-corrected chi connectivity index (χ3v) is 4.11. The number of benzene rings is 2. The number of halogens is 1. The second-order valence-electron chi connectivity index (χ2n) is 5.51.